The van der Waals surface area contributed by atoms with Crippen LogP contribution in [-0.2, 0) is 33.9 Å². The van der Waals surface area contributed by atoms with Gasteiger partial charge in [-0.3, -0.25) is 14.4 Å². The second-order valence-electron chi connectivity index (χ2n) is 7.66. The molecule has 35 heavy (non-hydrogen) atoms. The van der Waals surface area contributed by atoms with Gasteiger partial charge in [0.15, 0.2) is 0 Å². The average molecular weight is 472 g/mol. The molecule has 0 aliphatic carbocycles. The molecule has 0 fully saturated rings. The molecule has 0 aromatic heterocycles. The van der Waals surface area contributed by atoms with Crippen molar-refractivity contribution in [1.82, 2.24) is 5.32 Å². The number of nitrogens with zero attached hydrogens (tertiary/aromatic N) is 3. The van der Waals surface area contributed by atoms with E-state index in [1.165, 1.54) is 0 Å². The van der Waals surface area contributed by atoms with Crippen LogP contribution in [0.4, 0.5) is 5.69 Å². The van der Waals surface area contributed by atoms with E-state index >= 15 is 0 Å². The molecule has 0 aliphatic rings. The molecule has 0 aliphatic heterocycles. The minimum Gasteiger partial charge on any atom is -0.461 e. The summed E-state index contributed by atoms with van der Waals surface area (Å²) in [7, 11) is 0. The normalized spacial score (nSPS) is 10.1. The molecule has 0 spiro atoms. The molecule has 2 N–H and O–H groups in total. The van der Waals surface area contributed by atoms with Crippen molar-refractivity contribution in [3.8, 4) is 0 Å². The number of azide groups is 1. The molecule has 2 amide bonds. The molecule has 3 rings (SSSR count). The lowest BCUT2D eigenvalue weighted by atomic mass is 10.1. The van der Waals surface area contributed by atoms with E-state index in [0.717, 1.165) is 16.7 Å². The number of carbonyl (C=O) groups excluding carboxylic acids is 3. The van der Waals surface area contributed by atoms with Gasteiger partial charge in [0.2, 0.25) is 5.91 Å². The van der Waals surface area contributed by atoms with Crippen molar-refractivity contribution in [2.45, 2.75) is 26.0 Å². The fraction of sp³-hybridized carbons (Fsp3) is 0.192. The predicted octanol–water partition coefficient (Wildman–Crippen LogP) is 4.54. The summed E-state index contributed by atoms with van der Waals surface area (Å²) in [6.45, 7) is 0.584. The van der Waals surface area contributed by atoms with E-state index < -0.39 is 5.97 Å². The first kappa shape index (κ1) is 25.0. The molecular weight excluding hydrogens is 446 g/mol. The average Bonchev–Trinajstić information content (AvgIpc) is 2.87. The molecule has 9 nitrogen and oxygen atoms in total. The van der Waals surface area contributed by atoms with Crippen molar-refractivity contribution >= 4 is 23.5 Å². The second kappa shape index (κ2) is 13.2. The highest BCUT2D eigenvalue weighted by Crippen LogP contribution is 2.13. The highest BCUT2D eigenvalue weighted by molar-refractivity contribution is 5.97. The van der Waals surface area contributed by atoms with E-state index in [4.69, 9.17) is 10.3 Å². The molecule has 0 unspecified atom stereocenters. The van der Waals surface area contributed by atoms with Gasteiger partial charge in [-0.05, 0) is 40.4 Å². The van der Waals surface area contributed by atoms with Crippen LogP contribution in [-0.4, -0.2) is 24.3 Å². The van der Waals surface area contributed by atoms with Gasteiger partial charge in [-0.15, -0.1) is 0 Å². The number of carbonyl (C=O) groups is 3. The quantitative estimate of drug-likeness (QED) is 0.184. The molecule has 0 saturated carbocycles. The zero-order chi connectivity index (χ0) is 24.9. The van der Waals surface area contributed by atoms with Crippen molar-refractivity contribution in [3.05, 3.63) is 112 Å². The number of ether oxygens (including phenoxy) is 1. The topological polar surface area (TPSA) is 133 Å². The zero-order valence-electron chi connectivity index (χ0n) is 19.0. The van der Waals surface area contributed by atoms with Crippen molar-refractivity contribution in [1.29, 1.82) is 0 Å². The van der Waals surface area contributed by atoms with Crippen LogP contribution in [0.15, 0.2) is 84.0 Å². The number of esters is 1. The molecule has 3 aromatic rings. The van der Waals surface area contributed by atoms with Crippen molar-refractivity contribution in [2.75, 3.05) is 11.9 Å². The van der Waals surface area contributed by atoms with Crippen molar-refractivity contribution < 1.29 is 19.1 Å². The van der Waals surface area contributed by atoms with Crippen LogP contribution in [0, 0.1) is 0 Å². The summed E-state index contributed by atoms with van der Waals surface area (Å²) in [4.78, 5) is 39.4. The fourth-order valence-corrected chi connectivity index (χ4v) is 3.19. The molecule has 0 bridgehead atoms. The summed E-state index contributed by atoms with van der Waals surface area (Å²) in [5.74, 6) is -0.986. The predicted molar refractivity (Wildman–Crippen MR) is 131 cm³/mol. The zero-order valence-corrected chi connectivity index (χ0v) is 19.0. The maximum absolute atomic E-state index is 12.4. The standard InChI is InChI=1S/C26H25N5O4/c27-31-29-17-20-11-9-19(10-12-20)15-24(32)30-23-8-4-7-22(16-23)26(34)28-14-13-25(33)35-18-21-5-2-1-3-6-21/h1-12,16H,13-15,17-18H2,(H,28,34)(H,30,32). The van der Waals surface area contributed by atoms with Gasteiger partial charge in [-0.25, -0.2) is 0 Å². The second-order valence-corrected chi connectivity index (χ2v) is 7.66. The Balaban J connectivity index is 1.43. The van der Waals surface area contributed by atoms with E-state index in [9.17, 15) is 14.4 Å². The maximum atomic E-state index is 12.4. The number of nitrogens with one attached hydrogen (secondary N) is 2. The lowest BCUT2D eigenvalue weighted by Crippen LogP contribution is -2.26. The minimum absolute atomic E-state index is 0.0522. The van der Waals surface area contributed by atoms with Gasteiger partial charge in [-0.1, -0.05) is 65.8 Å². The fourth-order valence-electron chi connectivity index (χ4n) is 3.19. The minimum atomic E-state index is -0.402. The van der Waals surface area contributed by atoms with Gasteiger partial charge in [0.1, 0.15) is 6.61 Å². The van der Waals surface area contributed by atoms with Gasteiger partial charge < -0.3 is 15.4 Å². The Morgan fingerprint density at radius 1 is 0.886 bits per heavy atom. The van der Waals surface area contributed by atoms with E-state index in [2.05, 4.69) is 20.7 Å². The van der Waals surface area contributed by atoms with E-state index in [-0.39, 0.29) is 44.4 Å². The number of rotatable bonds is 11. The van der Waals surface area contributed by atoms with E-state index in [0.29, 0.717) is 11.3 Å². The summed E-state index contributed by atoms with van der Waals surface area (Å²) in [6.07, 6.45) is 0.208. The van der Waals surface area contributed by atoms with E-state index in [1.807, 2.05) is 30.3 Å². The van der Waals surface area contributed by atoms with Crippen LogP contribution in [0.1, 0.15) is 33.5 Å². The van der Waals surface area contributed by atoms with Crippen LogP contribution >= 0.6 is 0 Å². The summed E-state index contributed by atoms with van der Waals surface area (Å²) >= 11 is 0. The van der Waals surface area contributed by atoms with Crippen LogP contribution in [0.25, 0.3) is 10.4 Å². The van der Waals surface area contributed by atoms with Gasteiger partial charge in [0.25, 0.3) is 5.91 Å². The van der Waals surface area contributed by atoms with Gasteiger partial charge in [0.05, 0.1) is 19.4 Å². The van der Waals surface area contributed by atoms with Crippen LogP contribution in [0.2, 0.25) is 0 Å². The Bertz CT molecular complexity index is 1210. The van der Waals surface area contributed by atoms with Gasteiger partial charge in [0, 0.05) is 22.7 Å². The molecule has 3 aromatic carbocycles. The molecule has 0 heterocycles. The third-order valence-electron chi connectivity index (χ3n) is 4.97. The third-order valence-corrected chi connectivity index (χ3v) is 4.97. The number of benzene rings is 3. The Morgan fingerprint density at radius 3 is 2.37 bits per heavy atom. The van der Waals surface area contributed by atoms with Gasteiger partial charge >= 0.3 is 5.97 Å². The first-order valence-electron chi connectivity index (χ1n) is 11.0. The first-order valence-corrected chi connectivity index (χ1v) is 11.0. The Hall–Kier alpha value is -4.62. The maximum Gasteiger partial charge on any atom is 0.307 e. The Kier molecular flexibility index (Phi) is 9.42. The SMILES string of the molecule is [N-]=[N+]=NCc1ccc(CC(=O)Nc2cccc(C(=O)NCCC(=O)OCc3ccccc3)c2)cc1. The Labute approximate surface area is 202 Å². The molecule has 0 atom stereocenters. The van der Waals surface area contributed by atoms with Crippen LogP contribution < -0.4 is 10.6 Å². The number of hydrogen-bond donors (Lipinski definition) is 2. The summed E-state index contributed by atoms with van der Waals surface area (Å²) in [6, 6.07) is 23.1. The van der Waals surface area contributed by atoms with Crippen molar-refractivity contribution in [3.63, 3.8) is 0 Å². The van der Waals surface area contributed by atoms with E-state index in [1.54, 1.807) is 48.5 Å². The summed E-state index contributed by atoms with van der Waals surface area (Å²) < 4.78 is 5.19. The lowest BCUT2D eigenvalue weighted by Gasteiger charge is -2.09. The van der Waals surface area contributed by atoms with Crippen LogP contribution in [0.3, 0.4) is 0 Å². The first-order chi connectivity index (χ1) is 17.0. The molecule has 0 saturated heterocycles. The largest absolute Gasteiger partial charge is 0.461 e. The number of hydrogen-bond acceptors (Lipinski definition) is 5. The molecular formula is C26H25N5O4. The van der Waals surface area contributed by atoms with Crippen molar-refractivity contribution in [2.24, 2.45) is 5.11 Å². The summed E-state index contributed by atoms with van der Waals surface area (Å²) in [5, 5.41) is 8.97. The molecule has 9 heteroatoms. The Morgan fingerprint density at radius 2 is 1.63 bits per heavy atom. The van der Waals surface area contributed by atoms with Gasteiger partial charge in [-0.2, -0.15) is 0 Å². The number of amides is 2. The van der Waals surface area contributed by atoms with Crippen LogP contribution in [0.5, 0.6) is 0 Å². The highest BCUT2D eigenvalue weighted by atomic mass is 16.5. The molecule has 178 valence electrons. The number of anilines is 1. The third kappa shape index (κ3) is 8.68. The monoisotopic (exact) mass is 471 g/mol. The molecule has 0 radical (unpaired) electrons. The summed E-state index contributed by atoms with van der Waals surface area (Å²) in [5.41, 5.74) is 11.8. The highest BCUT2D eigenvalue weighted by Gasteiger charge is 2.10. The lowest BCUT2D eigenvalue weighted by molar-refractivity contribution is -0.144. The smallest absolute Gasteiger partial charge is 0.307 e.